The van der Waals surface area contributed by atoms with Crippen molar-refractivity contribution in [1.82, 2.24) is 0 Å². The lowest BCUT2D eigenvalue weighted by atomic mass is 9.83. The van der Waals surface area contributed by atoms with Gasteiger partial charge < -0.3 is 9.47 Å². The summed E-state index contributed by atoms with van der Waals surface area (Å²) in [6.07, 6.45) is 4.90. The number of hydrogen-bond donors (Lipinski definition) is 0. The summed E-state index contributed by atoms with van der Waals surface area (Å²) in [5, 5.41) is 0. The highest BCUT2D eigenvalue weighted by molar-refractivity contribution is 5.84. The minimum atomic E-state index is -0.452. The summed E-state index contributed by atoms with van der Waals surface area (Å²) in [4.78, 5) is 25.5. The van der Waals surface area contributed by atoms with E-state index < -0.39 is 11.8 Å². The zero-order chi connectivity index (χ0) is 18.6. The second kappa shape index (κ2) is 7.78. The number of ether oxygens (including phenoxy) is 2. The molecule has 0 aliphatic heterocycles. The van der Waals surface area contributed by atoms with E-state index in [1.54, 1.807) is 0 Å². The molecule has 1 saturated carbocycles. The summed E-state index contributed by atoms with van der Waals surface area (Å²) < 4.78 is 11.1. The molecule has 0 unspecified atom stereocenters. The molecule has 0 aromatic heterocycles. The monoisotopic (exact) mass is 362 g/mol. The lowest BCUT2D eigenvalue weighted by Gasteiger charge is -2.25. The van der Waals surface area contributed by atoms with Crippen LogP contribution in [0.1, 0.15) is 17.5 Å². The zero-order valence-electron chi connectivity index (χ0n) is 15.0. The fourth-order valence-corrected chi connectivity index (χ4v) is 4.11. The Hall–Kier alpha value is -2.88. The number of hydrogen-bond acceptors (Lipinski definition) is 4. The third kappa shape index (κ3) is 3.80. The van der Waals surface area contributed by atoms with Crippen molar-refractivity contribution in [2.75, 3.05) is 0 Å². The molecule has 0 N–H and O–H groups in total. The number of esters is 2. The smallest absolute Gasteiger partial charge is 0.310 e. The fourth-order valence-electron chi connectivity index (χ4n) is 4.11. The van der Waals surface area contributed by atoms with Crippen LogP contribution >= 0.6 is 0 Å². The molecule has 0 saturated heterocycles. The van der Waals surface area contributed by atoms with Crippen LogP contribution in [0.4, 0.5) is 0 Å². The van der Waals surface area contributed by atoms with Crippen molar-refractivity contribution in [3.05, 3.63) is 83.9 Å². The van der Waals surface area contributed by atoms with Crippen LogP contribution in [0.15, 0.2) is 72.8 Å². The maximum atomic E-state index is 12.7. The standard InChI is InChI=1S/C23H22O4/c24-22(26-14-16-7-3-1-4-8-16)20-18-11-12-19(13-18)21(20)23(25)27-15-17-9-5-2-6-10-17/h1-12,18-21H,13-15H2/t18-,19+,20-,21-/m0/s1. The minimum Gasteiger partial charge on any atom is -0.461 e. The molecule has 2 aromatic carbocycles. The summed E-state index contributed by atoms with van der Waals surface area (Å²) in [5.74, 6) is -1.39. The van der Waals surface area contributed by atoms with Gasteiger partial charge in [0.2, 0.25) is 0 Å². The molecule has 138 valence electrons. The van der Waals surface area contributed by atoms with Crippen molar-refractivity contribution in [3.63, 3.8) is 0 Å². The predicted molar refractivity (Wildman–Crippen MR) is 100 cm³/mol. The highest BCUT2D eigenvalue weighted by Crippen LogP contribution is 2.49. The Morgan fingerprint density at radius 1 is 0.704 bits per heavy atom. The zero-order valence-corrected chi connectivity index (χ0v) is 15.0. The lowest BCUT2D eigenvalue weighted by molar-refractivity contribution is -0.162. The number of carbonyl (C=O) groups is 2. The van der Waals surface area contributed by atoms with Crippen LogP contribution in [0.2, 0.25) is 0 Å². The predicted octanol–water partition coefficient (Wildman–Crippen LogP) is 3.91. The molecule has 4 nitrogen and oxygen atoms in total. The van der Waals surface area contributed by atoms with E-state index in [0.29, 0.717) is 0 Å². The van der Waals surface area contributed by atoms with Gasteiger partial charge in [0.15, 0.2) is 0 Å². The van der Waals surface area contributed by atoms with E-state index in [2.05, 4.69) is 0 Å². The molecule has 4 heteroatoms. The Labute approximate surface area is 158 Å². The van der Waals surface area contributed by atoms with E-state index in [9.17, 15) is 9.59 Å². The van der Waals surface area contributed by atoms with Crippen LogP contribution in [0.3, 0.4) is 0 Å². The summed E-state index contributed by atoms with van der Waals surface area (Å²) >= 11 is 0. The van der Waals surface area contributed by atoms with Gasteiger partial charge in [0.05, 0.1) is 11.8 Å². The molecular formula is C23H22O4. The van der Waals surface area contributed by atoms with E-state index in [4.69, 9.17) is 9.47 Å². The molecule has 0 spiro atoms. The van der Waals surface area contributed by atoms with Gasteiger partial charge in [-0.1, -0.05) is 72.8 Å². The van der Waals surface area contributed by atoms with Crippen molar-refractivity contribution in [3.8, 4) is 0 Å². The molecule has 0 amide bonds. The van der Waals surface area contributed by atoms with Gasteiger partial charge in [-0.15, -0.1) is 0 Å². The van der Waals surface area contributed by atoms with Crippen molar-refractivity contribution < 1.29 is 19.1 Å². The summed E-state index contributed by atoms with van der Waals surface area (Å²) in [5.41, 5.74) is 1.88. The van der Waals surface area contributed by atoms with Crippen molar-refractivity contribution >= 4 is 11.9 Å². The van der Waals surface area contributed by atoms with E-state index in [1.165, 1.54) is 0 Å². The summed E-state index contributed by atoms with van der Waals surface area (Å²) in [7, 11) is 0. The van der Waals surface area contributed by atoms with Crippen LogP contribution in [-0.2, 0) is 32.3 Å². The molecule has 2 aliphatic rings. The van der Waals surface area contributed by atoms with Gasteiger partial charge >= 0.3 is 11.9 Å². The Morgan fingerprint density at radius 3 is 1.52 bits per heavy atom. The summed E-state index contributed by atoms with van der Waals surface area (Å²) in [6.45, 7) is 0.451. The highest BCUT2D eigenvalue weighted by atomic mass is 16.5. The van der Waals surface area contributed by atoms with Gasteiger partial charge in [-0.2, -0.15) is 0 Å². The SMILES string of the molecule is O=C(OCc1ccccc1)[C@@H]1[C@@H](C(=O)OCc2ccccc2)[C@H]2C=C[C@@H]1C2. The Morgan fingerprint density at radius 2 is 1.11 bits per heavy atom. The largest absolute Gasteiger partial charge is 0.461 e. The quantitative estimate of drug-likeness (QED) is 0.577. The first-order valence-corrected chi connectivity index (χ1v) is 9.32. The second-order valence-electron chi connectivity index (χ2n) is 7.19. The maximum absolute atomic E-state index is 12.7. The first kappa shape index (κ1) is 17.5. The molecule has 0 heterocycles. The van der Waals surface area contributed by atoms with E-state index >= 15 is 0 Å². The minimum absolute atomic E-state index is 0.0625. The molecule has 0 radical (unpaired) electrons. The number of benzene rings is 2. The Bertz CT molecular complexity index is 758. The van der Waals surface area contributed by atoms with Gasteiger partial charge in [0.25, 0.3) is 0 Å². The molecule has 2 bridgehead atoms. The normalized spacial score (nSPS) is 25.3. The van der Waals surface area contributed by atoms with Gasteiger partial charge in [0, 0.05) is 0 Å². The third-order valence-corrected chi connectivity index (χ3v) is 5.45. The van der Waals surface area contributed by atoms with Crippen LogP contribution in [0, 0.1) is 23.7 Å². The average molecular weight is 362 g/mol. The molecule has 2 aromatic rings. The topological polar surface area (TPSA) is 52.6 Å². The first-order chi connectivity index (χ1) is 13.2. The molecule has 27 heavy (non-hydrogen) atoms. The molecule has 4 rings (SSSR count). The van der Waals surface area contributed by atoms with Crippen molar-refractivity contribution in [1.29, 1.82) is 0 Å². The fraction of sp³-hybridized carbons (Fsp3) is 0.304. The molecule has 2 aliphatic carbocycles. The number of allylic oxidation sites excluding steroid dienone is 2. The molecule has 1 fully saturated rings. The van der Waals surface area contributed by atoms with Gasteiger partial charge in [-0.05, 0) is 29.4 Å². The van der Waals surface area contributed by atoms with Crippen molar-refractivity contribution in [2.45, 2.75) is 19.6 Å². The van der Waals surface area contributed by atoms with Crippen LogP contribution < -0.4 is 0 Å². The van der Waals surface area contributed by atoms with Gasteiger partial charge in [0.1, 0.15) is 13.2 Å². The second-order valence-corrected chi connectivity index (χ2v) is 7.19. The van der Waals surface area contributed by atoms with Gasteiger partial charge in [-0.25, -0.2) is 0 Å². The number of rotatable bonds is 6. The molecular weight excluding hydrogens is 340 g/mol. The number of fused-ring (bicyclic) bond motifs is 2. The first-order valence-electron chi connectivity index (χ1n) is 9.32. The number of carbonyl (C=O) groups excluding carboxylic acids is 2. The van der Waals surface area contributed by atoms with Crippen molar-refractivity contribution in [2.24, 2.45) is 23.7 Å². The van der Waals surface area contributed by atoms with Gasteiger partial charge in [-0.3, -0.25) is 9.59 Å². The average Bonchev–Trinajstić information content (AvgIpc) is 3.33. The third-order valence-electron chi connectivity index (χ3n) is 5.45. The van der Waals surface area contributed by atoms with E-state index in [0.717, 1.165) is 17.5 Å². The van der Waals surface area contributed by atoms with E-state index in [-0.39, 0.29) is 37.0 Å². The Kier molecular flexibility index (Phi) is 5.05. The highest BCUT2D eigenvalue weighted by Gasteiger charge is 2.53. The summed E-state index contributed by atoms with van der Waals surface area (Å²) in [6, 6.07) is 19.1. The Balaban J connectivity index is 1.40. The lowest BCUT2D eigenvalue weighted by Crippen LogP contribution is -2.35. The molecule has 4 atom stereocenters. The van der Waals surface area contributed by atoms with Crippen LogP contribution in [0.5, 0.6) is 0 Å². The van der Waals surface area contributed by atoms with Crippen LogP contribution in [0.25, 0.3) is 0 Å². The van der Waals surface area contributed by atoms with Crippen LogP contribution in [-0.4, -0.2) is 11.9 Å². The maximum Gasteiger partial charge on any atom is 0.310 e. The van der Waals surface area contributed by atoms with E-state index in [1.807, 2.05) is 72.8 Å².